The lowest BCUT2D eigenvalue weighted by Crippen LogP contribution is -2.18. The zero-order valence-corrected chi connectivity index (χ0v) is 12.1. The Hall–Kier alpha value is -2.25. The molecule has 0 bridgehead atoms. The fraction of sp³-hybridized carbons (Fsp3) is 0.0833. The minimum Gasteiger partial charge on any atom is -0.459 e. The maximum Gasteiger partial charge on any atom is 0.260 e. The highest BCUT2D eigenvalue weighted by molar-refractivity contribution is 6.35. The number of rotatable bonds is 4. The van der Waals surface area contributed by atoms with Gasteiger partial charge in [0.15, 0.2) is 0 Å². The van der Waals surface area contributed by atoms with E-state index in [9.17, 15) is 0 Å². The zero-order valence-electron chi connectivity index (χ0n) is 10.6. The van der Waals surface area contributed by atoms with E-state index in [0.717, 1.165) is 5.56 Å². The first-order chi connectivity index (χ1) is 10.1. The molecule has 21 heavy (non-hydrogen) atoms. The number of nitrogens with two attached hydrogens (primary N) is 1. The van der Waals surface area contributed by atoms with Crippen molar-refractivity contribution < 1.29 is 4.42 Å². The van der Waals surface area contributed by atoms with E-state index in [1.807, 2.05) is 12.1 Å². The Morgan fingerprint density at radius 2 is 1.95 bits per heavy atom. The van der Waals surface area contributed by atoms with Crippen LogP contribution in [0.2, 0.25) is 10.0 Å². The van der Waals surface area contributed by atoms with Gasteiger partial charge >= 0.3 is 0 Å². The molecule has 2 heterocycles. The molecule has 0 aliphatic rings. The van der Waals surface area contributed by atoms with Gasteiger partial charge in [0.05, 0.1) is 6.54 Å². The van der Waals surface area contributed by atoms with Crippen molar-refractivity contribution in [1.29, 1.82) is 0 Å². The maximum absolute atomic E-state index is 5.98. The van der Waals surface area contributed by atoms with Crippen molar-refractivity contribution in [2.75, 3.05) is 11.2 Å². The Morgan fingerprint density at radius 3 is 2.62 bits per heavy atom. The van der Waals surface area contributed by atoms with E-state index in [1.54, 1.807) is 18.2 Å². The number of aromatic nitrogens is 4. The van der Waals surface area contributed by atoms with Crippen molar-refractivity contribution in [3.05, 3.63) is 46.1 Å². The quantitative estimate of drug-likeness (QED) is 0.765. The molecule has 7 nitrogen and oxygen atoms in total. The molecule has 0 amide bonds. The fourth-order valence-corrected chi connectivity index (χ4v) is 2.31. The standard InChI is InChI=1S/C12H10Cl2N6O/c13-8-3-7(4-9(14)5-8)11-2-1-10(21-11)6-16-20-12(15)17-18-19-20/h1-5,16H,6H2,(H2,15,17,19). The molecule has 3 N–H and O–H groups in total. The summed E-state index contributed by atoms with van der Waals surface area (Å²) in [6.07, 6.45) is 0. The van der Waals surface area contributed by atoms with Gasteiger partial charge in [-0.1, -0.05) is 28.3 Å². The highest BCUT2D eigenvalue weighted by Crippen LogP contribution is 2.28. The summed E-state index contributed by atoms with van der Waals surface area (Å²) in [6.45, 7) is 0.379. The van der Waals surface area contributed by atoms with Crippen LogP contribution in [0.1, 0.15) is 5.76 Å². The summed E-state index contributed by atoms with van der Waals surface area (Å²) in [6, 6.07) is 8.89. The number of nitrogen functional groups attached to an aromatic ring is 1. The molecular formula is C12H10Cl2N6O. The van der Waals surface area contributed by atoms with Crippen molar-refractivity contribution >= 4 is 29.2 Å². The third-order valence-electron chi connectivity index (χ3n) is 2.71. The molecule has 0 spiro atoms. The molecular weight excluding hydrogens is 315 g/mol. The molecule has 0 aliphatic heterocycles. The number of benzene rings is 1. The number of hydrogen-bond donors (Lipinski definition) is 2. The molecule has 3 rings (SSSR count). The fourth-order valence-electron chi connectivity index (χ4n) is 1.78. The average molecular weight is 325 g/mol. The van der Waals surface area contributed by atoms with Crippen LogP contribution in [0.3, 0.4) is 0 Å². The minimum absolute atomic E-state index is 0.170. The Balaban J connectivity index is 1.75. The number of tetrazole rings is 1. The zero-order chi connectivity index (χ0) is 14.8. The van der Waals surface area contributed by atoms with E-state index >= 15 is 0 Å². The van der Waals surface area contributed by atoms with Crippen LogP contribution < -0.4 is 11.2 Å². The second kappa shape index (κ2) is 5.63. The van der Waals surface area contributed by atoms with Gasteiger partial charge in [-0.25, -0.2) is 0 Å². The first kappa shape index (κ1) is 13.7. The molecule has 0 unspecified atom stereocenters. The summed E-state index contributed by atoms with van der Waals surface area (Å²) < 4.78 is 5.72. The molecule has 0 fully saturated rings. The minimum atomic E-state index is 0.170. The Kier molecular flexibility index (Phi) is 3.68. The molecule has 1 aromatic carbocycles. The van der Waals surface area contributed by atoms with Crippen LogP contribution in [0.4, 0.5) is 5.95 Å². The van der Waals surface area contributed by atoms with Crippen LogP contribution in [0.5, 0.6) is 0 Å². The van der Waals surface area contributed by atoms with Gasteiger partial charge < -0.3 is 10.2 Å². The van der Waals surface area contributed by atoms with Crippen LogP contribution in [-0.2, 0) is 6.54 Å². The third-order valence-corrected chi connectivity index (χ3v) is 3.14. The van der Waals surface area contributed by atoms with Crippen molar-refractivity contribution in [3.63, 3.8) is 0 Å². The average Bonchev–Trinajstić information content (AvgIpc) is 3.04. The van der Waals surface area contributed by atoms with Crippen LogP contribution in [0, 0.1) is 0 Å². The molecule has 2 aromatic heterocycles. The Bertz CT molecular complexity index is 748. The van der Waals surface area contributed by atoms with Gasteiger partial charge in [0.25, 0.3) is 5.95 Å². The van der Waals surface area contributed by atoms with E-state index in [2.05, 4.69) is 21.0 Å². The van der Waals surface area contributed by atoms with Crippen LogP contribution in [-0.4, -0.2) is 20.3 Å². The van der Waals surface area contributed by atoms with Crippen molar-refractivity contribution in [2.24, 2.45) is 0 Å². The number of nitrogens with zero attached hydrogens (tertiary/aromatic N) is 4. The topological polar surface area (TPSA) is 94.8 Å². The second-order valence-corrected chi connectivity index (χ2v) is 5.08. The van der Waals surface area contributed by atoms with Gasteiger partial charge in [0, 0.05) is 15.6 Å². The molecule has 0 saturated carbocycles. The summed E-state index contributed by atoms with van der Waals surface area (Å²) in [5.74, 6) is 1.53. The normalized spacial score (nSPS) is 10.8. The number of hydrogen-bond acceptors (Lipinski definition) is 6. The summed E-state index contributed by atoms with van der Waals surface area (Å²) in [5, 5.41) is 11.7. The van der Waals surface area contributed by atoms with E-state index in [1.165, 1.54) is 4.79 Å². The van der Waals surface area contributed by atoms with Crippen LogP contribution >= 0.6 is 23.2 Å². The smallest absolute Gasteiger partial charge is 0.260 e. The summed E-state index contributed by atoms with van der Waals surface area (Å²) in [5.41, 5.74) is 9.25. The second-order valence-electron chi connectivity index (χ2n) is 4.21. The number of nitrogens with one attached hydrogen (secondary N) is 1. The molecule has 3 aromatic rings. The highest BCUT2D eigenvalue weighted by Gasteiger charge is 2.08. The number of furan rings is 1. The van der Waals surface area contributed by atoms with E-state index < -0.39 is 0 Å². The molecule has 9 heteroatoms. The SMILES string of the molecule is Nc1nnnn1NCc1ccc(-c2cc(Cl)cc(Cl)c2)o1. The van der Waals surface area contributed by atoms with Crippen LogP contribution in [0.15, 0.2) is 34.7 Å². The lowest BCUT2D eigenvalue weighted by Gasteiger charge is -2.03. The Labute approximate surface area is 129 Å². The van der Waals surface area contributed by atoms with Crippen molar-refractivity contribution in [2.45, 2.75) is 6.54 Å². The number of halogens is 2. The first-order valence-electron chi connectivity index (χ1n) is 5.95. The summed E-state index contributed by atoms with van der Waals surface area (Å²) in [7, 11) is 0. The van der Waals surface area contributed by atoms with Gasteiger partial charge in [0.2, 0.25) is 0 Å². The maximum atomic E-state index is 5.98. The highest BCUT2D eigenvalue weighted by atomic mass is 35.5. The summed E-state index contributed by atoms with van der Waals surface area (Å²) >= 11 is 12.0. The molecule has 0 atom stereocenters. The molecule has 108 valence electrons. The first-order valence-corrected chi connectivity index (χ1v) is 6.70. The van der Waals surface area contributed by atoms with Crippen molar-refractivity contribution in [3.8, 4) is 11.3 Å². The summed E-state index contributed by atoms with van der Waals surface area (Å²) in [4.78, 5) is 1.26. The van der Waals surface area contributed by atoms with Crippen LogP contribution in [0.25, 0.3) is 11.3 Å². The van der Waals surface area contributed by atoms with E-state index in [4.69, 9.17) is 33.4 Å². The van der Waals surface area contributed by atoms with E-state index in [-0.39, 0.29) is 5.95 Å². The molecule has 0 saturated heterocycles. The predicted octanol–water partition coefficient (Wildman–Crippen LogP) is 2.57. The molecule has 0 radical (unpaired) electrons. The van der Waals surface area contributed by atoms with Gasteiger partial charge in [-0.15, -0.1) is 4.79 Å². The third kappa shape index (κ3) is 3.09. The van der Waals surface area contributed by atoms with Crippen molar-refractivity contribution in [1.82, 2.24) is 20.3 Å². The van der Waals surface area contributed by atoms with Gasteiger partial charge in [-0.3, -0.25) is 5.43 Å². The Morgan fingerprint density at radius 1 is 1.19 bits per heavy atom. The lowest BCUT2D eigenvalue weighted by molar-refractivity contribution is 0.517. The predicted molar refractivity (Wildman–Crippen MR) is 79.5 cm³/mol. The monoisotopic (exact) mass is 324 g/mol. The number of anilines is 1. The van der Waals surface area contributed by atoms with Gasteiger partial charge in [0.1, 0.15) is 11.5 Å². The largest absolute Gasteiger partial charge is 0.459 e. The van der Waals surface area contributed by atoms with E-state index in [0.29, 0.717) is 28.1 Å². The van der Waals surface area contributed by atoms with Gasteiger partial charge in [-0.05, 0) is 40.8 Å². The van der Waals surface area contributed by atoms with Gasteiger partial charge in [-0.2, -0.15) is 0 Å². The molecule has 0 aliphatic carbocycles. The lowest BCUT2D eigenvalue weighted by atomic mass is 10.2.